The molecule has 1 aromatic carbocycles. The molecule has 0 atom stereocenters. The van der Waals surface area contributed by atoms with Crippen LogP contribution < -0.4 is 9.50 Å². The molecule has 136 valence electrons. The predicted molar refractivity (Wildman–Crippen MR) is 95.9 cm³/mol. The number of halogens is 1. The first-order valence-corrected chi connectivity index (χ1v) is 9.87. The van der Waals surface area contributed by atoms with Crippen LogP contribution in [-0.4, -0.2) is 38.2 Å². The van der Waals surface area contributed by atoms with Crippen molar-refractivity contribution in [3.63, 3.8) is 0 Å². The number of carbonyl (C=O) groups is 1. The van der Waals surface area contributed by atoms with Crippen LogP contribution in [0.1, 0.15) is 33.3 Å². The summed E-state index contributed by atoms with van der Waals surface area (Å²) in [7, 11) is -3.66. The fraction of sp³-hybridized carbons (Fsp3) is 0.562. The number of benzene rings is 1. The average Bonchev–Trinajstić information content (AvgIpc) is 2.49. The monoisotopic (exact) mass is 376 g/mol. The number of nitrogens with one attached hydrogen (secondary N) is 1. The summed E-state index contributed by atoms with van der Waals surface area (Å²) >= 11 is 6.03. The summed E-state index contributed by atoms with van der Waals surface area (Å²) in [5, 5.41) is 3.21. The zero-order valence-electron chi connectivity index (χ0n) is 14.5. The number of amides is 2. The van der Waals surface area contributed by atoms with Gasteiger partial charge in [0.1, 0.15) is 5.75 Å². The van der Waals surface area contributed by atoms with E-state index in [4.69, 9.17) is 15.8 Å². The fourth-order valence-corrected chi connectivity index (χ4v) is 2.83. The van der Waals surface area contributed by atoms with Crippen LogP contribution in [0.15, 0.2) is 18.2 Å². The number of hydrogen-bond acceptors (Lipinski definition) is 4. The molecule has 0 aliphatic rings. The Morgan fingerprint density at radius 2 is 2.00 bits per heavy atom. The van der Waals surface area contributed by atoms with Gasteiger partial charge in [0.05, 0.1) is 12.3 Å². The van der Waals surface area contributed by atoms with E-state index < -0.39 is 10.1 Å². The molecule has 1 N–H and O–H groups in total. The van der Waals surface area contributed by atoms with Gasteiger partial charge in [-0.3, -0.25) is 0 Å². The standard InChI is InChI=1S/C16H25ClN2O4S/c1-5-18-16(20)19(10-12(3)4)11-13-9-14(17)7-8-15(13)23-24(21,22)6-2/h7-9,12H,5-6,10-11H2,1-4H3,(H,18,20). The van der Waals surface area contributed by atoms with E-state index in [-0.39, 0.29) is 30.0 Å². The molecule has 0 heterocycles. The Hall–Kier alpha value is -1.47. The van der Waals surface area contributed by atoms with E-state index in [9.17, 15) is 13.2 Å². The van der Waals surface area contributed by atoms with Crippen molar-refractivity contribution in [2.24, 2.45) is 5.92 Å². The third kappa shape index (κ3) is 6.57. The van der Waals surface area contributed by atoms with Crippen molar-refractivity contribution in [1.82, 2.24) is 10.2 Å². The van der Waals surface area contributed by atoms with Gasteiger partial charge in [-0.1, -0.05) is 25.4 Å². The van der Waals surface area contributed by atoms with E-state index in [0.717, 1.165) is 0 Å². The van der Waals surface area contributed by atoms with Gasteiger partial charge in [-0.15, -0.1) is 0 Å². The van der Waals surface area contributed by atoms with Crippen molar-refractivity contribution in [1.29, 1.82) is 0 Å². The largest absolute Gasteiger partial charge is 0.382 e. The smallest absolute Gasteiger partial charge is 0.317 e. The maximum atomic E-state index is 12.2. The van der Waals surface area contributed by atoms with Crippen LogP contribution in [0.5, 0.6) is 5.75 Å². The molecule has 0 saturated carbocycles. The molecular formula is C16H25ClN2O4S. The summed E-state index contributed by atoms with van der Waals surface area (Å²) in [4.78, 5) is 13.9. The van der Waals surface area contributed by atoms with Crippen molar-refractivity contribution in [2.75, 3.05) is 18.8 Å². The molecule has 0 saturated heterocycles. The minimum atomic E-state index is -3.66. The zero-order chi connectivity index (χ0) is 18.3. The number of hydrogen-bond donors (Lipinski definition) is 1. The van der Waals surface area contributed by atoms with Gasteiger partial charge in [-0.05, 0) is 38.0 Å². The first kappa shape index (κ1) is 20.6. The summed E-state index contributed by atoms with van der Waals surface area (Å²) in [6.07, 6.45) is 0. The van der Waals surface area contributed by atoms with Gasteiger partial charge >= 0.3 is 16.1 Å². The topological polar surface area (TPSA) is 75.7 Å². The Balaban J connectivity index is 3.12. The number of nitrogens with zero attached hydrogens (tertiary/aromatic N) is 1. The van der Waals surface area contributed by atoms with Crippen LogP contribution in [0, 0.1) is 5.92 Å². The maximum Gasteiger partial charge on any atom is 0.317 e. The zero-order valence-corrected chi connectivity index (χ0v) is 16.1. The Morgan fingerprint density at radius 3 is 2.54 bits per heavy atom. The summed E-state index contributed by atoms with van der Waals surface area (Å²) in [5.41, 5.74) is 0.548. The molecule has 0 fully saturated rings. The minimum Gasteiger partial charge on any atom is -0.382 e. The van der Waals surface area contributed by atoms with Gasteiger partial charge in [0.15, 0.2) is 0 Å². The molecule has 2 amide bonds. The van der Waals surface area contributed by atoms with Crippen molar-refractivity contribution in [3.05, 3.63) is 28.8 Å². The van der Waals surface area contributed by atoms with Crippen LogP contribution in [0.2, 0.25) is 5.02 Å². The molecule has 0 spiro atoms. The van der Waals surface area contributed by atoms with E-state index in [1.165, 1.54) is 13.0 Å². The summed E-state index contributed by atoms with van der Waals surface area (Å²) in [6.45, 7) is 8.60. The Bertz CT molecular complexity index is 662. The van der Waals surface area contributed by atoms with Gasteiger partial charge in [0.25, 0.3) is 0 Å². The first-order chi connectivity index (χ1) is 11.2. The summed E-state index contributed by atoms with van der Waals surface area (Å²) in [6, 6.07) is 4.48. The molecule has 8 heteroatoms. The number of urea groups is 1. The normalized spacial score (nSPS) is 11.4. The molecular weight excluding hydrogens is 352 g/mol. The molecule has 0 bridgehead atoms. The molecule has 0 aliphatic carbocycles. The van der Waals surface area contributed by atoms with Crippen molar-refractivity contribution in [2.45, 2.75) is 34.2 Å². The lowest BCUT2D eigenvalue weighted by Crippen LogP contribution is -2.41. The van der Waals surface area contributed by atoms with E-state index >= 15 is 0 Å². The third-order valence-corrected chi connectivity index (χ3v) is 4.53. The van der Waals surface area contributed by atoms with Crippen molar-refractivity contribution < 1.29 is 17.4 Å². The van der Waals surface area contributed by atoms with Crippen LogP contribution >= 0.6 is 11.6 Å². The van der Waals surface area contributed by atoms with Gasteiger partial charge in [0, 0.05) is 23.7 Å². The first-order valence-electron chi connectivity index (χ1n) is 7.91. The maximum absolute atomic E-state index is 12.2. The molecule has 0 aliphatic heterocycles. The van der Waals surface area contributed by atoms with Crippen LogP contribution in [-0.2, 0) is 16.7 Å². The number of carbonyl (C=O) groups excluding carboxylic acids is 1. The van der Waals surface area contributed by atoms with Gasteiger partial charge in [-0.2, -0.15) is 8.42 Å². The highest BCUT2D eigenvalue weighted by Gasteiger charge is 2.19. The lowest BCUT2D eigenvalue weighted by Gasteiger charge is -2.25. The molecule has 24 heavy (non-hydrogen) atoms. The van der Waals surface area contributed by atoms with Crippen LogP contribution in [0.25, 0.3) is 0 Å². The second-order valence-electron chi connectivity index (χ2n) is 5.79. The fourth-order valence-electron chi connectivity index (χ4n) is 2.08. The van der Waals surface area contributed by atoms with E-state index in [1.54, 1.807) is 17.0 Å². The molecule has 1 aromatic rings. The lowest BCUT2D eigenvalue weighted by molar-refractivity contribution is 0.188. The third-order valence-electron chi connectivity index (χ3n) is 3.15. The lowest BCUT2D eigenvalue weighted by atomic mass is 10.1. The molecule has 1 rings (SSSR count). The van der Waals surface area contributed by atoms with Crippen LogP contribution in [0.4, 0.5) is 4.79 Å². The summed E-state index contributed by atoms with van der Waals surface area (Å²) in [5.74, 6) is 0.316. The van der Waals surface area contributed by atoms with E-state index in [0.29, 0.717) is 23.7 Å². The highest BCUT2D eigenvalue weighted by atomic mass is 35.5. The molecule has 0 radical (unpaired) electrons. The average molecular weight is 377 g/mol. The van der Waals surface area contributed by atoms with E-state index in [1.807, 2.05) is 20.8 Å². The van der Waals surface area contributed by atoms with Crippen molar-refractivity contribution in [3.8, 4) is 5.75 Å². The van der Waals surface area contributed by atoms with Crippen LogP contribution in [0.3, 0.4) is 0 Å². The highest BCUT2D eigenvalue weighted by Crippen LogP contribution is 2.26. The Labute approximate surface area is 149 Å². The predicted octanol–water partition coefficient (Wildman–Crippen LogP) is 3.26. The minimum absolute atomic E-state index is 0.138. The SMILES string of the molecule is CCNC(=O)N(Cc1cc(Cl)ccc1OS(=O)(=O)CC)CC(C)C. The molecule has 6 nitrogen and oxygen atoms in total. The summed E-state index contributed by atoms with van der Waals surface area (Å²) < 4.78 is 28.7. The second kappa shape index (κ2) is 9.13. The highest BCUT2D eigenvalue weighted by molar-refractivity contribution is 7.87. The molecule has 0 aromatic heterocycles. The number of rotatable bonds is 8. The Morgan fingerprint density at radius 1 is 1.33 bits per heavy atom. The second-order valence-corrected chi connectivity index (χ2v) is 8.09. The Kier molecular flexibility index (Phi) is 7.83. The van der Waals surface area contributed by atoms with Crippen molar-refractivity contribution >= 4 is 27.8 Å². The molecule has 0 unspecified atom stereocenters. The van der Waals surface area contributed by atoms with Gasteiger partial charge < -0.3 is 14.4 Å². The van der Waals surface area contributed by atoms with Gasteiger partial charge in [-0.25, -0.2) is 4.79 Å². The quantitative estimate of drug-likeness (QED) is 0.706. The van der Waals surface area contributed by atoms with E-state index in [2.05, 4.69) is 5.32 Å². The van der Waals surface area contributed by atoms with Gasteiger partial charge in [0.2, 0.25) is 0 Å².